The third-order valence-corrected chi connectivity index (χ3v) is 3.67. The van der Waals surface area contributed by atoms with Crippen LogP contribution in [0, 0.1) is 18.3 Å². The minimum atomic E-state index is 0.564. The summed E-state index contributed by atoms with van der Waals surface area (Å²) in [6, 6.07) is 16.4. The predicted octanol–water partition coefficient (Wildman–Crippen LogP) is 3.88. The number of hydrogen-bond donors (Lipinski definition) is 0. The Kier molecular flexibility index (Phi) is 3.37. The van der Waals surface area contributed by atoms with Gasteiger partial charge in [0, 0.05) is 18.3 Å². The van der Waals surface area contributed by atoms with Gasteiger partial charge in [0.25, 0.3) is 0 Å². The van der Waals surface area contributed by atoms with E-state index in [4.69, 9.17) is 10.00 Å². The van der Waals surface area contributed by atoms with Gasteiger partial charge in [-0.1, -0.05) is 18.2 Å². The SMILES string of the molecule is COc1cc(Cn2ccc3ccc(C)cc32)ccc1C#N. The molecule has 0 aliphatic rings. The molecule has 0 N–H and O–H groups in total. The molecule has 0 saturated heterocycles. The molecule has 1 aromatic heterocycles. The number of rotatable bonds is 3. The average Bonchev–Trinajstić information content (AvgIpc) is 2.89. The Morgan fingerprint density at radius 3 is 2.76 bits per heavy atom. The highest BCUT2D eigenvalue weighted by atomic mass is 16.5. The third kappa shape index (κ3) is 2.48. The summed E-state index contributed by atoms with van der Waals surface area (Å²) in [4.78, 5) is 0. The van der Waals surface area contributed by atoms with Gasteiger partial charge in [-0.2, -0.15) is 5.26 Å². The van der Waals surface area contributed by atoms with E-state index in [0.717, 1.165) is 12.1 Å². The fourth-order valence-electron chi connectivity index (χ4n) is 2.55. The van der Waals surface area contributed by atoms with E-state index in [0.29, 0.717) is 11.3 Å². The molecular weight excluding hydrogens is 260 g/mol. The zero-order valence-electron chi connectivity index (χ0n) is 12.1. The number of aromatic nitrogens is 1. The van der Waals surface area contributed by atoms with Crippen LogP contribution in [-0.4, -0.2) is 11.7 Å². The molecule has 0 aliphatic carbocycles. The van der Waals surface area contributed by atoms with Gasteiger partial charge in [-0.25, -0.2) is 0 Å². The van der Waals surface area contributed by atoms with Gasteiger partial charge in [-0.05, 0) is 47.7 Å². The van der Waals surface area contributed by atoms with Crippen molar-refractivity contribution in [2.24, 2.45) is 0 Å². The van der Waals surface area contributed by atoms with Crippen molar-refractivity contribution in [3.63, 3.8) is 0 Å². The first kappa shape index (κ1) is 13.3. The number of aryl methyl sites for hydroxylation is 1. The van der Waals surface area contributed by atoms with Gasteiger partial charge >= 0.3 is 0 Å². The predicted molar refractivity (Wildman–Crippen MR) is 83.5 cm³/mol. The normalized spacial score (nSPS) is 10.5. The van der Waals surface area contributed by atoms with E-state index >= 15 is 0 Å². The van der Waals surface area contributed by atoms with Crippen LogP contribution in [0.5, 0.6) is 5.75 Å². The van der Waals surface area contributed by atoms with Crippen LogP contribution in [0.25, 0.3) is 10.9 Å². The van der Waals surface area contributed by atoms with E-state index in [-0.39, 0.29) is 0 Å². The molecule has 0 fully saturated rings. The first-order valence-electron chi connectivity index (χ1n) is 6.84. The number of nitrogens with zero attached hydrogens (tertiary/aromatic N) is 2. The fraction of sp³-hybridized carbons (Fsp3) is 0.167. The number of benzene rings is 2. The molecule has 0 amide bonds. The lowest BCUT2D eigenvalue weighted by Crippen LogP contribution is -1.99. The Balaban J connectivity index is 1.99. The van der Waals surface area contributed by atoms with Crippen molar-refractivity contribution in [1.82, 2.24) is 4.57 Å². The standard InChI is InChI=1S/C18H16N2O/c1-13-3-5-15-7-8-20(17(15)9-13)12-14-4-6-16(11-19)18(10-14)21-2/h3-10H,12H2,1-2H3. The summed E-state index contributed by atoms with van der Waals surface area (Å²) in [5.41, 5.74) is 4.15. The summed E-state index contributed by atoms with van der Waals surface area (Å²) in [6.45, 7) is 2.86. The summed E-state index contributed by atoms with van der Waals surface area (Å²) in [5, 5.41) is 10.3. The molecule has 0 atom stereocenters. The number of methoxy groups -OCH3 is 1. The van der Waals surface area contributed by atoms with Crippen LogP contribution in [0.1, 0.15) is 16.7 Å². The van der Waals surface area contributed by atoms with E-state index in [9.17, 15) is 0 Å². The van der Waals surface area contributed by atoms with Crippen molar-refractivity contribution in [3.05, 3.63) is 65.4 Å². The second-order valence-electron chi connectivity index (χ2n) is 5.15. The van der Waals surface area contributed by atoms with Gasteiger partial charge in [0.05, 0.1) is 12.7 Å². The fourth-order valence-corrected chi connectivity index (χ4v) is 2.55. The highest BCUT2D eigenvalue weighted by Crippen LogP contribution is 2.22. The Morgan fingerprint density at radius 2 is 2.00 bits per heavy atom. The van der Waals surface area contributed by atoms with Crippen molar-refractivity contribution in [3.8, 4) is 11.8 Å². The first-order valence-corrected chi connectivity index (χ1v) is 6.84. The van der Waals surface area contributed by atoms with Crippen LogP contribution in [0.2, 0.25) is 0 Å². The van der Waals surface area contributed by atoms with Gasteiger partial charge in [-0.15, -0.1) is 0 Å². The van der Waals surface area contributed by atoms with E-state index < -0.39 is 0 Å². The number of nitriles is 1. The minimum Gasteiger partial charge on any atom is -0.495 e. The van der Waals surface area contributed by atoms with E-state index in [2.05, 4.69) is 48.0 Å². The van der Waals surface area contributed by atoms with Crippen LogP contribution in [0.3, 0.4) is 0 Å². The van der Waals surface area contributed by atoms with Crippen LogP contribution in [-0.2, 0) is 6.54 Å². The number of hydrogen-bond acceptors (Lipinski definition) is 2. The second-order valence-corrected chi connectivity index (χ2v) is 5.15. The quantitative estimate of drug-likeness (QED) is 0.728. The molecule has 21 heavy (non-hydrogen) atoms. The third-order valence-electron chi connectivity index (χ3n) is 3.67. The summed E-state index contributed by atoms with van der Waals surface area (Å²) < 4.78 is 7.48. The zero-order valence-corrected chi connectivity index (χ0v) is 12.1. The number of fused-ring (bicyclic) bond motifs is 1. The average molecular weight is 276 g/mol. The monoisotopic (exact) mass is 276 g/mol. The van der Waals surface area contributed by atoms with Crippen molar-refractivity contribution in [2.45, 2.75) is 13.5 Å². The van der Waals surface area contributed by atoms with Gasteiger partial charge in [0.1, 0.15) is 11.8 Å². The van der Waals surface area contributed by atoms with Crippen molar-refractivity contribution >= 4 is 10.9 Å². The lowest BCUT2D eigenvalue weighted by molar-refractivity contribution is 0.413. The van der Waals surface area contributed by atoms with Gasteiger partial charge in [0.2, 0.25) is 0 Å². The molecule has 3 nitrogen and oxygen atoms in total. The maximum atomic E-state index is 9.03. The molecule has 2 aromatic carbocycles. The van der Waals surface area contributed by atoms with Crippen LogP contribution < -0.4 is 4.74 Å². The van der Waals surface area contributed by atoms with E-state index in [1.807, 2.05) is 18.2 Å². The molecule has 3 rings (SSSR count). The van der Waals surface area contributed by atoms with Crippen LogP contribution in [0.15, 0.2) is 48.7 Å². The maximum Gasteiger partial charge on any atom is 0.136 e. The lowest BCUT2D eigenvalue weighted by Gasteiger charge is -2.09. The summed E-state index contributed by atoms with van der Waals surface area (Å²) >= 11 is 0. The maximum absolute atomic E-state index is 9.03. The van der Waals surface area contributed by atoms with Gasteiger partial charge in [0.15, 0.2) is 0 Å². The molecule has 0 aliphatic heterocycles. The molecule has 0 spiro atoms. The molecule has 3 heteroatoms. The summed E-state index contributed by atoms with van der Waals surface area (Å²) in [6.07, 6.45) is 2.09. The molecule has 0 unspecified atom stereocenters. The molecule has 0 radical (unpaired) electrons. The van der Waals surface area contributed by atoms with Crippen molar-refractivity contribution in [2.75, 3.05) is 7.11 Å². The smallest absolute Gasteiger partial charge is 0.136 e. The molecule has 3 aromatic rings. The highest BCUT2D eigenvalue weighted by Gasteiger charge is 2.06. The Morgan fingerprint density at radius 1 is 1.14 bits per heavy atom. The summed E-state index contributed by atoms with van der Waals surface area (Å²) in [7, 11) is 1.59. The highest BCUT2D eigenvalue weighted by molar-refractivity contribution is 5.80. The molecule has 104 valence electrons. The van der Waals surface area contributed by atoms with E-state index in [1.165, 1.54) is 16.5 Å². The largest absolute Gasteiger partial charge is 0.495 e. The Bertz CT molecular complexity index is 840. The van der Waals surface area contributed by atoms with Gasteiger partial charge in [-0.3, -0.25) is 0 Å². The van der Waals surface area contributed by atoms with E-state index in [1.54, 1.807) is 7.11 Å². The van der Waals surface area contributed by atoms with Crippen molar-refractivity contribution in [1.29, 1.82) is 5.26 Å². The second kappa shape index (κ2) is 5.34. The number of ether oxygens (including phenoxy) is 1. The Labute approximate surface area is 124 Å². The first-order chi connectivity index (χ1) is 10.2. The van der Waals surface area contributed by atoms with Crippen LogP contribution in [0.4, 0.5) is 0 Å². The molecule has 0 bridgehead atoms. The topological polar surface area (TPSA) is 38.0 Å². The molecular formula is C18H16N2O. The van der Waals surface area contributed by atoms with Gasteiger partial charge < -0.3 is 9.30 Å². The zero-order chi connectivity index (χ0) is 14.8. The Hall–Kier alpha value is -2.73. The minimum absolute atomic E-state index is 0.564. The lowest BCUT2D eigenvalue weighted by atomic mass is 10.1. The van der Waals surface area contributed by atoms with Crippen LogP contribution >= 0.6 is 0 Å². The van der Waals surface area contributed by atoms with Crippen molar-refractivity contribution < 1.29 is 4.74 Å². The molecule has 0 saturated carbocycles. The molecule has 1 heterocycles. The summed E-state index contributed by atoms with van der Waals surface area (Å²) in [5.74, 6) is 0.627.